The molecule has 0 unspecified atom stereocenters. The zero-order valence-corrected chi connectivity index (χ0v) is 14.1. The lowest BCUT2D eigenvalue weighted by Gasteiger charge is -1.99. The average Bonchev–Trinajstić information content (AvgIpc) is 3.15. The summed E-state index contributed by atoms with van der Waals surface area (Å²) in [6.07, 6.45) is 1.87. The van der Waals surface area contributed by atoms with E-state index in [-0.39, 0.29) is 0 Å². The molecule has 1 aromatic carbocycles. The maximum absolute atomic E-state index is 11.7. The maximum atomic E-state index is 11.7. The van der Waals surface area contributed by atoms with Crippen molar-refractivity contribution < 1.29 is 9.53 Å². The molecule has 2 aromatic heterocycles. The van der Waals surface area contributed by atoms with E-state index < -0.39 is 5.97 Å². The lowest BCUT2D eigenvalue weighted by atomic mass is 10.3. The fourth-order valence-electron chi connectivity index (χ4n) is 1.89. The molecule has 7 heteroatoms. The van der Waals surface area contributed by atoms with Gasteiger partial charge in [-0.05, 0) is 35.0 Å². The molecule has 0 bridgehead atoms. The third-order valence-corrected chi connectivity index (χ3v) is 4.31. The van der Waals surface area contributed by atoms with E-state index in [1.54, 1.807) is 17.0 Å². The highest BCUT2D eigenvalue weighted by Crippen LogP contribution is 2.30. The van der Waals surface area contributed by atoms with Gasteiger partial charge in [0.25, 0.3) is 0 Å². The third-order valence-electron chi connectivity index (χ3n) is 2.88. The zero-order valence-electron chi connectivity index (χ0n) is 11.7. The van der Waals surface area contributed by atoms with Gasteiger partial charge >= 0.3 is 5.97 Å². The van der Waals surface area contributed by atoms with E-state index in [1.165, 1.54) is 11.3 Å². The van der Waals surface area contributed by atoms with E-state index in [9.17, 15) is 4.79 Å². The fourth-order valence-corrected chi connectivity index (χ4v) is 3.27. The number of nitrogens with zero attached hydrogens (tertiary/aromatic N) is 3. The molecule has 3 rings (SSSR count). The lowest BCUT2D eigenvalue weighted by molar-refractivity contribution is 0.0520. The van der Waals surface area contributed by atoms with Gasteiger partial charge in [-0.15, -0.1) is 11.3 Å². The monoisotopic (exact) mass is 377 g/mol. The van der Waals surface area contributed by atoms with E-state index in [2.05, 4.69) is 26.0 Å². The number of benzene rings is 1. The Morgan fingerprint density at radius 3 is 2.86 bits per heavy atom. The molecule has 3 aromatic rings. The second-order valence-electron chi connectivity index (χ2n) is 4.36. The minimum Gasteiger partial charge on any atom is -0.461 e. The highest BCUT2D eigenvalue weighted by Gasteiger charge is 2.17. The van der Waals surface area contributed by atoms with Crippen molar-refractivity contribution in [3.63, 3.8) is 0 Å². The van der Waals surface area contributed by atoms with Crippen molar-refractivity contribution in [1.29, 1.82) is 0 Å². The molecule has 5 nitrogen and oxygen atoms in total. The van der Waals surface area contributed by atoms with Gasteiger partial charge in [-0.25, -0.2) is 14.5 Å². The number of thiazole rings is 1. The van der Waals surface area contributed by atoms with Gasteiger partial charge < -0.3 is 4.74 Å². The first kappa shape index (κ1) is 14.9. The molecule has 112 valence electrons. The van der Waals surface area contributed by atoms with Crippen LogP contribution in [0.1, 0.15) is 17.4 Å². The third kappa shape index (κ3) is 2.95. The van der Waals surface area contributed by atoms with E-state index in [4.69, 9.17) is 4.74 Å². The summed E-state index contributed by atoms with van der Waals surface area (Å²) in [4.78, 5) is 16.0. The summed E-state index contributed by atoms with van der Waals surface area (Å²) in [7, 11) is 0. The molecule has 0 aliphatic rings. The van der Waals surface area contributed by atoms with Gasteiger partial charge in [0.15, 0.2) is 5.69 Å². The number of rotatable bonds is 4. The normalized spacial score (nSPS) is 10.6. The number of carbonyl (C=O) groups excluding carboxylic acids is 1. The lowest BCUT2D eigenvalue weighted by Crippen LogP contribution is -2.04. The summed E-state index contributed by atoms with van der Waals surface area (Å²) in [5.41, 5.74) is 1.96. The summed E-state index contributed by atoms with van der Waals surface area (Å²) in [5, 5.41) is 6.89. The number of carbonyl (C=O) groups is 1. The first-order chi connectivity index (χ1) is 10.7. The Labute approximate surface area is 139 Å². The minimum absolute atomic E-state index is 0.308. The number of ether oxygens (including phenoxy) is 1. The van der Waals surface area contributed by atoms with Crippen molar-refractivity contribution in [1.82, 2.24) is 14.8 Å². The van der Waals surface area contributed by atoms with Crippen LogP contribution in [-0.4, -0.2) is 27.3 Å². The Morgan fingerprint density at radius 2 is 2.14 bits per heavy atom. The number of para-hydroxylation sites is 1. The highest BCUT2D eigenvalue weighted by atomic mass is 79.9. The average molecular weight is 378 g/mol. The number of hydrogen-bond acceptors (Lipinski definition) is 5. The quantitative estimate of drug-likeness (QED) is 0.646. The van der Waals surface area contributed by atoms with Crippen LogP contribution in [0.2, 0.25) is 0 Å². The standard InChI is InChI=1S/C15H12BrN3O2S/c1-2-21-15(20)12-9-22-14(17-12)13-11(16)8-19(18-13)10-6-4-3-5-7-10/h3-9H,2H2,1H3. The molecule has 0 amide bonds. The zero-order chi connectivity index (χ0) is 15.5. The van der Waals surface area contributed by atoms with Crippen molar-refractivity contribution in [2.75, 3.05) is 6.61 Å². The molecule has 0 spiro atoms. The molecular formula is C15H12BrN3O2S. The minimum atomic E-state index is -0.413. The van der Waals surface area contributed by atoms with Gasteiger partial charge in [0.05, 0.1) is 16.8 Å². The van der Waals surface area contributed by atoms with E-state index in [0.717, 1.165) is 10.2 Å². The molecular weight excluding hydrogens is 366 g/mol. The van der Waals surface area contributed by atoms with Gasteiger partial charge in [0.2, 0.25) is 0 Å². The van der Waals surface area contributed by atoms with Crippen molar-refractivity contribution in [3.05, 3.63) is 52.1 Å². The second kappa shape index (κ2) is 6.41. The van der Waals surface area contributed by atoms with Crippen LogP contribution in [0.15, 0.2) is 46.4 Å². The van der Waals surface area contributed by atoms with E-state index in [1.807, 2.05) is 36.5 Å². The Balaban J connectivity index is 1.93. The molecule has 0 N–H and O–H groups in total. The number of aromatic nitrogens is 3. The number of esters is 1. The number of halogens is 1. The molecule has 0 fully saturated rings. The van der Waals surface area contributed by atoms with Crippen LogP contribution in [0.4, 0.5) is 0 Å². The number of hydrogen-bond donors (Lipinski definition) is 0. The van der Waals surface area contributed by atoms with Crippen LogP contribution in [-0.2, 0) is 4.74 Å². The Morgan fingerprint density at radius 1 is 1.36 bits per heavy atom. The molecule has 0 aliphatic carbocycles. The van der Waals surface area contributed by atoms with Crippen LogP contribution >= 0.6 is 27.3 Å². The van der Waals surface area contributed by atoms with Crippen molar-refractivity contribution in [3.8, 4) is 16.4 Å². The Hall–Kier alpha value is -1.99. The van der Waals surface area contributed by atoms with Crippen molar-refractivity contribution in [2.45, 2.75) is 6.92 Å². The van der Waals surface area contributed by atoms with Crippen LogP contribution in [0.25, 0.3) is 16.4 Å². The van der Waals surface area contributed by atoms with E-state index >= 15 is 0 Å². The largest absolute Gasteiger partial charge is 0.461 e. The summed E-state index contributed by atoms with van der Waals surface area (Å²) >= 11 is 4.86. The molecule has 22 heavy (non-hydrogen) atoms. The summed E-state index contributed by atoms with van der Waals surface area (Å²) < 4.78 is 7.54. The van der Waals surface area contributed by atoms with Crippen molar-refractivity contribution >= 4 is 33.2 Å². The Bertz CT molecular complexity index is 798. The molecule has 0 radical (unpaired) electrons. The Kier molecular flexibility index (Phi) is 4.35. The predicted molar refractivity (Wildman–Crippen MR) is 88.3 cm³/mol. The van der Waals surface area contributed by atoms with E-state index in [0.29, 0.717) is 23.0 Å². The van der Waals surface area contributed by atoms with Crippen LogP contribution < -0.4 is 0 Å². The molecule has 0 atom stereocenters. The SMILES string of the molecule is CCOC(=O)c1csc(-c2nn(-c3ccccc3)cc2Br)n1. The van der Waals surface area contributed by atoms with Gasteiger partial charge in [-0.3, -0.25) is 0 Å². The van der Waals surface area contributed by atoms with Crippen molar-refractivity contribution in [2.24, 2.45) is 0 Å². The molecule has 2 heterocycles. The molecule has 0 saturated heterocycles. The topological polar surface area (TPSA) is 57.0 Å². The van der Waals surface area contributed by atoms with Crippen LogP contribution in [0, 0.1) is 0 Å². The van der Waals surface area contributed by atoms with Gasteiger partial charge in [0.1, 0.15) is 10.7 Å². The van der Waals surface area contributed by atoms with Gasteiger partial charge in [-0.2, -0.15) is 5.10 Å². The molecule has 0 aliphatic heterocycles. The fraction of sp³-hybridized carbons (Fsp3) is 0.133. The van der Waals surface area contributed by atoms with Gasteiger partial charge in [0, 0.05) is 11.6 Å². The molecule has 0 saturated carbocycles. The first-order valence-electron chi connectivity index (χ1n) is 6.62. The van der Waals surface area contributed by atoms with Crippen LogP contribution in [0.3, 0.4) is 0 Å². The van der Waals surface area contributed by atoms with Crippen LogP contribution in [0.5, 0.6) is 0 Å². The second-order valence-corrected chi connectivity index (χ2v) is 6.08. The summed E-state index contributed by atoms with van der Waals surface area (Å²) in [6, 6.07) is 9.79. The predicted octanol–water partition coefficient (Wildman–Crippen LogP) is 3.94. The smallest absolute Gasteiger partial charge is 0.357 e. The summed E-state index contributed by atoms with van der Waals surface area (Å²) in [6.45, 7) is 2.10. The summed E-state index contributed by atoms with van der Waals surface area (Å²) in [5.74, 6) is -0.413. The highest BCUT2D eigenvalue weighted by molar-refractivity contribution is 9.10. The first-order valence-corrected chi connectivity index (χ1v) is 8.30. The van der Waals surface area contributed by atoms with Gasteiger partial charge in [-0.1, -0.05) is 18.2 Å². The maximum Gasteiger partial charge on any atom is 0.357 e.